The maximum absolute atomic E-state index is 15.7. The molecule has 0 spiro atoms. The van der Waals surface area contributed by atoms with Crippen LogP contribution in [-0.4, -0.2) is 117 Å². The molecule has 3 aromatic rings. The molecule has 3 aromatic carbocycles. The summed E-state index contributed by atoms with van der Waals surface area (Å²) in [6.45, 7) is 6.85. The van der Waals surface area contributed by atoms with Gasteiger partial charge in [0.2, 0.25) is 9.90 Å². The van der Waals surface area contributed by atoms with Crippen molar-refractivity contribution in [1.82, 2.24) is 5.32 Å². The van der Waals surface area contributed by atoms with Crippen LogP contribution in [0.15, 0.2) is 102 Å². The van der Waals surface area contributed by atoms with Gasteiger partial charge in [0.25, 0.3) is 5.91 Å². The van der Waals surface area contributed by atoms with E-state index in [1.165, 1.54) is 64.1 Å². The zero-order chi connectivity index (χ0) is 51.1. The Morgan fingerprint density at radius 3 is 1.97 bits per heavy atom. The van der Waals surface area contributed by atoms with Gasteiger partial charge in [-0.05, 0) is 54.8 Å². The highest BCUT2D eigenvalue weighted by atomic mass is 35.6. The van der Waals surface area contributed by atoms with E-state index in [1.807, 2.05) is 0 Å². The molecule has 7 rings (SSSR count). The van der Waals surface area contributed by atoms with E-state index in [0.717, 1.165) is 13.8 Å². The monoisotopic (exact) mass is 1030 g/mol. The predicted molar refractivity (Wildman–Crippen MR) is 248 cm³/mol. The highest BCUT2D eigenvalue weighted by molar-refractivity contribution is 6.67. The number of carbonyl (C=O) groups is 7. The number of fused-ring (bicyclic) bond motifs is 5. The van der Waals surface area contributed by atoms with Crippen LogP contribution in [0.25, 0.3) is 0 Å². The van der Waals surface area contributed by atoms with Crippen molar-refractivity contribution in [3.8, 4) is 0 Å². The van der Waals surface area contributed by atoms with E-state index in [4.69, 9.17) is 68.0 Å². The van der Waals surface area contributed by atoms with Gasteiger partial charge in [0, 0.05) is 37.7 Å². The maximum Gasteiger partial charge on any atom is 0.509 e. The van der Waals surface area contributed by atoms with Crippen LogP contribution in [0.2, 0.25) is 0 Å². The van der Waals surface area contributed by atoms with Crippen LogP contribution in [0.5, 0.6) is 0 Å². The van der Waals surface area contributed by atoms with Gasteiger partial charge < -0.3 is 48.7 Å². The van der Waals surface area contributed by atoms with E-state index in [0.29, 0.717) is 0 Å². The number of ether oxygens (including phenoxy) is 7. The third-order valence-electron chi connectivity index (χ3n) is 14.0. The highest BCUT2D eigenvalue weighted by Gasteiger charge is 2.78. The molecule has 11 atom stereocenters. The zero-order valence-electron chi connectivity index (χ0n) is 38.9. The van der Waals surface area contributed by atoms with Crippen molar-refractivity contribution in [3.63, 3.8) is 0 Å². The van der Waals surface area contributed by atoms with Gasteiger partial charge >= 0.3 is 30.0 Å². The van der Waals surface area contributed by atoms with E-state index in [2.05, 4.69) is 5.32 Å². The van der Waals surface area contributed by atoms with Gasteiger partial charge in [0.05, 0.1) is 29.6 Å². The lowest BCUT2D eigenvalue weighted by molar-refractivity contribution is -0.346. The van der Waals surface area contributed by atoms with Crippen molar-refractivity contribution < 1.29 is 76.9 Å². The Balaban J connectivity index is 1.42. The van der Waals surface area contributed by atoms with Crippen LogP contribution < -0.4 is 5.32 Å². The quantitative estimate of drug-likeness (QED) is 0.0785. The number of alkyl halides is 3. The Bertz CT molecular complexity index is 2560. The fourth-order valence-electron chi connectivity index (χ4n) is 10.6. The van der Waals surface area contributed by atoms with E-state index >= 15 is 9.59 Å². The van der Waals surface area contributed by atoms with Gasteiger partial charge in [-0.15, -0.1) is 0 Å². The third-order valence-corrected chi connectivity index (χ3v) is 14.4. The second kappa shape index (κ2) is 19.9. The summed E-state index contributed by atoms with van der Waals surface area (Å²) in [4.78, 5) is 98.8. The second-order valence-corrected chi connectivity index (χ2v) is 21.1. The van der Waals surface area contributed by atoms with Crippen LogP contribution in [0.4, 0.5) is 4.79 Å². The average Bonchev–Trinajstić information content (AvgIpc) is 3.30. The first-order chi connectivity index (χ1) is 32.9. The number of esters is 4. The van der Waals surface area contributed by atoms with Gasteiger partial charge in [-0.2, -0.15) is 0 Å². The SMILES string of the molecule is CC(=O)O[C@H]1C(=O)[C@@]2(C)[C@H]([C@H](OC(=O)c3ccccc3)[C@]3(O)C[C@H](OC(=O)[C@H](OC(=O)OCC(Cl)(Cl)Cl)[C@@H](NC(=O)c4ccccc4)c4ccccc4)C(C)=C1C3(C)C)[C@]1(OC(C)=O)CO[C@@H]1C[C@@H]2O. The number of aliphatic hydroxyl groups is 2. The molecule has 17 nitrogen and oxygen atoms in total. The molecular weight excluding hydrogens is 977 g/mol. The van der Waals surface area contributed by atoms with Crippen LogP contribution in [0.3, 0.4) is 0 Å². The van der Waals surface area contributed by atoms with E-state index in [1.54, 1.807) is 54.6 Å². The first-order valence-electron chi connectivity index (χ1n) is 22.3. The minimum Gasteiger partial charge on any atom is -0.455 e. The molecule has 1 heterocycles. The van der Waals surface area contributed by atoms with Gasteiger partial charge in [-0.1, -0.05) is 115 Å². The third kappa shape index (κ3) is 9.76. The number of halogens is 3. The summed E-state index contributed by atoms with van der Waals surface area (Å²) in [6.07, 6.45) is -12.7. The summed E-state index contributed by atoms with van der Waals surface area (Å²) < 4.78 is 39.2. The van der Waals surface area contributed by atoms with E-state index in [-0.39, 0.29) is 40.9 Å². The van der Waals surface area contributed by atoms with Crippen molar-refractivity contribution in [2.45, 2.75) is 112 Å². The lowest BCUT2D eigenvalue weighted by Crippen LogP contribution is -2.82. The summed E-state index contributed by atoms with van der Waals surface area (Å²) in [7, 11) is 0. The normalized spacial score (nSPS) is 29.7. The number of nitrogens with one attached hydrogen (secondary N) is 1. The Morgan fingerprint density at radius 1 is 0.843 bits per heavy atom. The topological polar surface area (TPSA) is 237 Å². The average molecular weight is 1030 g/mol. The van der Waals surface area contributed by atoms with Crippen LogP contribution in [0.1, 0.15) is 86.7 Å². The molecule has 2 bridgehead atoms. The molecule has 3 aliphatic carbocycles. The molecule has 0 radical (unpaired) electrons. The van der Waals surface area contributed by atoms with Crippen molar-refractivity contribution in [3.05, 3.63) is 119 Å². The Hall–Kier alpha value is -5.56. The standard InChI is InChI=1S/C50H52Cl3NO16/c1-26-32(67-44(61)38(68-45(62)65-25-50(51,52)53)36(29-16-10-7-11-17-29)54-42(59)30-18-12-8-13-19-30)23-49(63)41(69-43(60)31-20-14-9-15-21-31)39-47(6,33(57)22-34-48(39,24-64-34)70-28(3)56)40(58)37(66-27(2)55)35(26)46(49,4)5/h7-21,32-34,36-39,41,57,63H,22-25H2,1-6H3,(H,54,59)/t32-,33-,34+,36-,37+,38+,39-,41-,47+,48-,49+/m0/s1. The minimum absolute atomic E-state index is 0.0212. The minimum atomic E-state index is -2.51. The fraction of sp³-hybridized carbons (Fsp3) is 0.460. The molecule has 0 unspecified atom stereocenters. The molecule has 374 valence electrons. The largest absolute Gasteiger partial charge is 0.509 e. The zero-order valence-corrected chi connectivity index (χ0v) is 41.1. The Labute approximate surface area is 417 Å². The molecule has 3 N–H and O–H groups in total. The molecule has 1 aliphatic heterocycles. The molecule has 0 aromatic heterocycles. The molecule has 1 amide bonds. The van der Waals surface area contributed by atoms with Crippen molar-refractivity contribution in [2.75, 3.05) is 13.2 Å². The summed E-state index contributed by atoms with van der Waals surface area (Å²) in [6, 6.07) is 22.0. The number of aliphatic hydroxyl groups excluding tert-OH is 1. The second-order valence-electron chi connectivity index (χ2n) is 18.6. The molecule has 2 saturated carbocycles. The van der Waals surface area contributed by atoms with Gasteiger partial charge in [0.15, 0.2) is 17.5 Å². The van der Waals surface area contributed by atoms with Gasteiger partial charge in [0.1, 0.15) is 36.6 Å². The van der Waals surface area contributed by atoms with Crippen LogP contribution in [-0.2, 0) is 52.3 Å². The molecule has 1 saturated heterocycles. The number of hydrogen-bond acceptors (Lipinski definition) is 16. The van der Waals surface area contributed by atoms with Crippen LogP contribution >= 0.6 is 34.8 Å². The lowest BCUT2D eigenvalue weighted by atomic mass is 9.44. The summed E-state index contributed by atoms with van der Waals surface area (Å²) in [5.41, 5.74) is -7.83. The first-order valence-corrected chi connectivity index (χ1v) is 23.4. The van der Waals surface area contributed by atoms with Crippen molar-refractivity contribution in [1.29, 1.82) is 0 Å². The summed E-state index contributed by atoms with van der Waals surface area (Å²) >= 11 is 17.6. The fourth-order valence-corrected chi connectivity index (χ4v) is 10.7. The number of carbonyl (C=O) groups excluding carboxylic acids is 7. The van der Waals surface area contributed by atoms with Gasteiger partial charge in [-0.25, -0.2) is 14.4 Å². The van der Waals surface area contributed by atoms with E-state index in [9.17, 15) is 34.2 Å². The number of ketones is 1. The van der Waals surface area contributed by atoms with E-state index < -0.39 is 129 Å². The first kappa shape index (κ1) is 52.3. The molecule has 20 heteroatoms. The lowest BCUT2D eigenvalue weighted by Gasteiger charge is -2.67. The Morgan fingerprint density at radius 2 is 1.43 bits per heavy atom. The number of Topliss-reactive ketones (excluding diaryl/α,β-unsaturated/α-hetero) is 1. The molecule has 70 heavy (non-hydrogen) atoms. The predicted octanol–water partition coefficient (Wildman–Crippen LogP) is 6.27. The number of rotatable bonds is 12. The van der Waals surface area contributed by atoms with Crippen molar-refractivity contribution in [2.24, 2.45) is 16.7 Å². The number of benzene rings is 3. The summed E-state index contributed by atoms with van der Waals surface area (Å²) in [5.74, 6) is -7.36. The molecule has 4 aliphatic rings. The van der Waals surface area contributed by atoms with Gasteiger partial charge in [-0.3, -0.25) is 19.2 Å². The smallest absolute Gasteiger partial charge is 0.455 e. The van der Waals surface area contributed by atoms with Crippen molar-refractivity contribution >= 4 is 76.5 Å². The Kier molecular flexibility index (Phi) is 14.9. The summed E-state index contributed by atoms with van der Waals surface area (Å²) in [5, 5.41) is 28.8. The highest BCUT2D eigenvalue weighted by Crippen LogP contribution is 2.64. The van der Waals surface area contributed by atoms with Crippen LogP contribution in [0, 0.1) is 16.7 Å². The molecular formula is C50H52Cl3NO16. The number of hydrogen-bond donors (Lipinski definition) is 3. The maximum atomic E-state index is 15.7. The number of amides is 1. The molecule has 3 fully saturated rings.